The van der Waals surface area contributed by atoms with Gasteiger partial charge in [0.1, 0.15) is 0 Å². The topological polar surface area (TPSA) is 54.5 Å². The molecule has 1 atom stereocenters. The van der Waals surface area contributed by atoms with Gasteiger partial charge in [-0.1, -0.05) is 48.5 Å². The molecule has 0 aliphatic carbocycles. The molecule has 2 aromatic rings. The van der Waals surface area contributed by atoms with E-state index in [1.165, 1.54) is 5.56 Å². The smallest absolute Gasteiger partial charge is 0.232 e. The van der Waals surface area contributed by atoms with Crippen molar-refractivity contribution in [1.29, 1.82) is 0 Å². The lowest BCUT2D eigenvalue weighted by Gasteiger charge is -2.16. The Hall–Kier alpha value is -1.79. The van der Waals surface area contributed by atoms with Crippen LogP contribution in [0.5, 0.6) is 0 Å². The first-order valence-electron chi connectivity index (χ1n) is 8.26. The van der Waals surface area contributed by atoms with Crippen LogP contribution < -0.4 is 0 Å². The van der Waals surface area contributed by atoms with Crippen molar-refractivity contribution in [2.45, 2.75) is 22.3 Å². The second-order valence-corrected chi connectivity index (χ2v) is 9.30. The predicted molar refractivity (Wildman–Crippen MR) is 101 cm³/mol. The predicted octanol–water partition coefficient (Wildman–Crippen LogP) is 2.99. The number of benzene rings is 2. The fourth-order valence-corrected chi connectivity index (χ4v) is 5.53. The molecule has 6 heteroatoms. The van der Waals surface area contributed by atoms with Crippen LogP contribution in [0.4, 0.5) is 0 Å². The van der Waals surface area contributed by atoms with Crippen LogP contribution >= 0.6 is 11.8 Å². The monoisotopic (exact) mass is 375 g/mol. The first kappa shape index (κ1) is 18.0. The van der Waals surface area contributed by atoms with Crippen LogP contribution in [0.3, 0.4) is 0 Å². The van der Waals surface area contributed by atoms with Crippen molar-refractivity contribution in [2.75, 3.05) is 18.8 Å². The first-order valence-corrected chi connectivity index (χ1v) is 11.0. The van der Waals surface area contributed by atoms with Crippen LogP contribution in [0.2, 0.25) is 0 Å². The quantitative estimate of drug-likeness (QED) is 0.779. The van der Waals surface area contributed by atoms with Crippen molar-refractivity contribution in [1.82, 2.24) is 4.90 Å². The number of carbonyl (C=O) groups is 1. The number of rotatable bonds is 6. The highest BCUT2D eigenvalue weighted by atomic mass is 32.2. The Bertz CT molecular complexity index is 807. The third-order valence-electron chi connectivity index (χ3n) is 4.35. The second-order valence-electron chi connectivity index (χ2n) is 6.09. The molecule has 0 spiro atoms. The molecule has 1 aliphatic rings. The number of hydrogen-bond acceptors (Lipinski definition) is 4. The molecule has 2 aromatic carbocycles. The Morgan fingerprint density at radius 1 is 1.04 bits per heavy atom. The summed E-state index contributed by atoms with van der Waals surface area (Å²) < 4.78 is 25.3. The fraction of sp³-hybridized carbons (Fsp3) is 0.316. The van der Waals surface area contributed by atoms with Crippen molar-refractivity contribution in [3.8, 4) is 0 Å². The van der Waals surface area contributed by atoms with Crippen LogP contribution in [-0.2, 0) is 20.4 Å². The molecule has 0 aromatic heterocycles. The third kappa shape index (κ3) is 4.44. The van der Waals surface area contributed by atoms with Crippen LogP contribution in [0.1, 0.15) is 12.0 Å². The summed E-state index contributed by atoms with van der Waals surface area (Å²) in [4.78, 5) is 14.4. The van der Waals surface area contributed by atoms with Gasteiger partial charge in [-0.15, -0.1) is 11.8 Å². The minimum Gasteiger partial charge on any atom is -0.341 e. The highest BCUT2D eigenvalue weighted by Crippen LogP contribution is 2.24. The van der Waals surface area contributed by atoms with Gasteiger partial charge in [0.15, 0.2) is 9.84 Å². The Morgan fingerprint density at radius 3 is 2.36 bits per heavy atom. The Morgan fingerprint density at radius 2 is 1.68 bits per heavy atom. The maximum absolute atomic E-state index is 12.7. The van der Waals surface area contributed by atoms with Crippen LogP contribution in [0.25, 0.3) is 0 Å². The Labute approximate surface area is 153 Å². The highest BCUT2D eigenvalue weighted by Gasteiger charge is 2.35. The number of amides is 1. The molecule has 0 saturated carbocycles. The molecule has 3 rings (SSSR count). The number of thioether (sulfide) groups is 1. The number of likely N-dealkylation sites (tertiary alicyclic amines) is 1. The van der Waals surface area contributed by atoms with E-state index in [1.807, 2.05) is 30.3 Å². The average Bonchev–Trinajstić information content (AvgIpc) is 3.14. The standard InChI is InChI=1S/C19H21NO3S2/c21-19(15-24-14-16-7-3-1-4-8-16)20-12-11-18(13-20)25(22,23)17-9-5-2-6-10-17/h1-10,18H,11-15H2/t18-/m0/s1. The van der Waals surface area contributed by atoms with Gasteiger partial charge < -0.3 is 4.90 Å². The van der Waals surface area contributed by atoms with Crippen molar-refractivity contribution in [3.63, 3.8) is 0 Å². The van der Waals surface area contributed by atoms with Gasteiger partial charge in [-0.2, -0.15) is 0 Å². The molecule has 0 bridgehead atoms. The van der Waals surface area contributed by atoms with Crippen molar-refractivity contribution in [3.05, 3.63) is 66.2 Å². The van der Waals surface area contributed by atoms with Crippen LogP contribution in [-0.4, -0.2) is 43.3 Å². The van der Waals surface area contributed by atoms with Gasteiger partial charge in [0.25, 0.3) is 0 Å². The van der Waals surface area contributed by atoms with E-state index in [9.17, 15) is 13.2 Å². The van der Waals surface area contributed by atoms with Crippen molar-refractivity contribution >= 4 is 27.5 Å². The number of carbonyl (C=O) groups excluding carboxylic acids is 1. The first-order chi connectivity index (χ1) is 12.1. The maximum Gasteiger partial charge on any atom is 0.232 e. The zero-order chi connectivity index (χ0) is 17.7. The van der Waals surface area contributed by atoms with E-state index in [0.29, 0.717) is 30.2 Å². The molecular formula is C19H21NO3S2. The lowest BCUT2D eigenvalue weighted by Crippen LogP contribution is -2.33. The summed E-state index contributed by atoms with van der Waals surface area (Å²) in [7, 11) is -3.37. The van der Waals surface area contributed by atoms with Gasteiger partial charge in [-0.05, 0) is 24.1 Å². The molecule has 0 unspecified atom stereocenters. The molecule has 0 radical (unpaired) electrons. The van der Waals surface area contributed by atoms with E-state index in [1.54, 1.807) is 47.0 Å². The molecule has 25 heavy (non-hydrogen) atoms. The van der Waals surface area contributed by atoms with E-state index >= 15 is 0 Å². The van der Waals surface area contributed by atoms with Crippen LogP contribution in [0, 0.1) is 0 Å². The molecule has 1 amide bonds. The normalized spacial score (nSPS) is 17.6. The number of sulfone groups is 1. The number of nitrogens with zero attached hydrogens (tertiary/aromatic N) is 1. The zero-order valence-electron chi connectivity index (χ0n) is 13.9. The summed E-state index contributed by atoms with van der Waals surface area (Å²) in [5, 5.41) is -0.502. The van der Waals surface area contributed by atoms with Gasteiger partial charge in [0, 0.05) is 18.8 Å². The molecule has 1 heterocycles. The zero-order valence-corrected chi connectivity index (χ0v) is 15.5. The SMILES string of the molecule is O=C(CSCc1ccccc1)N1CC[C@H](S(=O)(=O)c2ccccc2)C1. The molecule has 1 fully saturated rings. The summed E-state index contributed by atoms with van der Waals surface area (Å²) in [5.41, 5.74) is 1.19. The number of hydrogen-bond donors (Lipinski definition) is 0. The Kier molecular flexibility index (Phi) is 5.81. The van der Waals surface area contributed by atoms with E-state index in [2.05, 4.69) is 0 Å². The second kappa shape index (κ2) is 8.06. The largest absolute Gasteiger partial charge is 0.341 e. The summed E-state index contributed by atoms with van der Waals surface area (Å²) in [5.74, 6) is 1.19. The van der Waals surface area contributed by atoms with E-state index in [4.69, 9.17) is 0 Å². The van der Waals surface area contributed by atoms with E-state index in [0.717, 1.165) is 5.75 Å². The molecule has 4 nitrogen and oxygen atoms in total. The highest BCUT2D eigenvalue weighted by molar-refractivity contribution is 7.99. The Balaban J connectivity index is 1.53. The molecule has 0 N–H and O–H groups in total. The third-order valence-corrected chi connectivity index (χ3v) is 7.53. The van der Waals surface area contributed by atoms with Crippen molar-refractivity contribution < 1.29 is 13.2 Å². The summed E-state index contributed by atoms with van der Waals surface area (Å²) in [6.45, 7) is 0.809. The fourth-order valence-electron chi connectivity index (χ4n) is 2.93. The van der Waals surface area contributed by atoms with E-state index in [-0.39, 0.29) is 5.91 Å². The van der Waals surface area contributed by atoms with Gasteiger partial charge in [-0.25, -0.2) is 8.42 Å². The minimum atomic E-state index is -3.37. The summed E-state index contributed by atoms with van der Waals surface area (Å²) in [6, 6.07) is 18.5. The summed E-state index contributed by atoms with van der Waals surface area (Å²) >= 11 is 1.57. The van der Waals surface area contributed by atoms with Crippen molar-refractivity contribution in [2.24, 2.45) is 0 Å². The van der Waals surface area contributed by atoms with Gasteiger partial charge >= 0.3 is 0 Å². The van der Waals surface area contributed by atoms with Gasteiger partial charge in [0.2, 0.25) is 5.91 Å². The summed E-state index contributed by atoms with van der Waals surface area (Å²) in [6.07, 6.45) is 0.506. The minimum absolute atomic E-state index is 0.0201. The van der Waals surface area contributed by atoms with Gasteiger partial charge in [0.05, 0.1) is 15.9 Å². The molecule has 132 valence electrons. The van der Waals surface area contributed by atoms with Gasteiger partial charge in [-0.3, -0.25) is 4.79 Å². The molecule has 1 aliphatic heterocycles. The van der Waals surface area contributed by atoms with Crippen LogP contribution in [0.15, 0.2) is 65.6 Å². The lowest BCUT2D eigenvalue weighted by atomic mass is 10.2. The lowest BCUT2D eigenvalue weighted by molar-refractivity contribution is -0.127. The average molecular weight is 376 g/mol. The van der Waals surface area contributed by atoms with E-state index < -0.39 is 15.1 Å². The molecule has 1 saturated heterocycles. The molecular weight excluding hydrogens is 354 g/mol. The maximum atomic E-state index is 12.7.